The fourth-order valence-electron chi connectivity index (χ4n) is 2.34. The van der Waals surface area contributed by atoms with Crippen molar-refractivity contribution in [3.8, 4) is 11.5 Å². The van der Waals surface area contributed by atoms with E-state index in [9.17, 15) is 9.90 Å². The molecule has 0 aliphatic rings. The molecule has 0 saturated carbocycles. The summed E-state index contributed by atoms with van der Waals surface area (Å²) in [7, 11) is 0. The molecule has 0 radical (unpaired) electrons. The fraction of sp³-hybridized carbons (Fsp3) is 0.176. The molecule has 1 heterocycles. The second-order valence-electron chi connectivity index (χ2n) is 4.93. The van der Waals surface area contributed by atoms with Gasteiger partial charge in [0.1, 0.15) is 0 Å². The first-order valence-electron chi connectivity index (χ1n) is 7.08. The van der Waals surface area contributed by atoms with E-state index in [0.29, 0.717) is 29.8 Å². The van der Waals surface area contributed by atoms with Gasteiger partial charge in [-0.05, 0) is 18.6 Å². The van der Waals surface area contributed by atoms with Gasteiger partial charge < -0.3 is 9.84 Å². The molecular weight excluding hydrogens is 280 g/mol. The number of nitrogens with zero attached hydrogens (tertiary/aromatic N) is 2. The lowest BCUT2D eigenvalue weighted by atomic mass is 10.2. The van der Waals surface area contributed by atoms with Gasteiger partial charge in [0.05, 0.1) is 30.4 Å². The highest BCUT2D eigenvalue weighted by molar-refractivity contribution is 5.81. The SMILES string of the molecule is CCOc1cc2ncn(Cc3ccccc3)c(=O)c2cc1O. The molecule has 0 aliphatic carbocycles. The Bertz CT molecular complexity index is 857. The number of hydrogen-bond donors (Lipinski definition) is 1. The number of fused-ring (bicyclic) bond motifs is 1. The van der Waals surface area contributed by atoms with Gasteiger partial charge in [-0.15, -0.1) is 0 Å². The molecule has 1 N–H and O–H groups in total. The van der Waals surface area contributed by atoms with Crippen LogP contribution in [0.3, 0.4) is 0 Å². The lowest BCUT2D eigenvalue weighted by Crippen LogP contribution is -2.21. The molecule has 0 bridgehead atoms. The lowest BCUT2D eigenvalue weighted by Gasteiger charge is -2.09. The normalized spacial score (nSPS) is 10.8. The van der Waals surface area contributed by atoms with Gasteiger partial charge in [-0.1, -0.05) is 30.3 Å². The monoisotopic (exact) mass is 296 g/mol. The molecule has 0 atom stereocenters. The molecule has 2 aromatic carbocycles. The summed E-state index contributed by atoms with van der Waals surface area (Å²) in [6.45, 7) is 2.70. The van der Waals surface area contributed by atoms with E-state index in [2.05, 4.69) is 4.98 Å². The van der Waals surface area contributed by atoms with Crippen LogP contribution in [-0.4, -0.2) is 21.3 Å². The molecule has 22 heavy (non-hydrogen) atoms. The van der Waals surface area contributed by atoms with Crippen LogP contribution in [0, 0.1) is 0 Å². The van der Waals surface area contributed by atoms with E-state index in [-0.39, 0.29) is 11.3 Å². The highest BCUT2D eigenvalue weighted by atomic mass is 16.5. The van der Waals surface area contributed by atoms with Crippen LogP contribution >= 0.6 is 0 Å². The summed E-state index contributed by atoms with van der Waals surface area (Å²) in [5.74, 6) is 0.286. The standard InChI is InChI=1S/C17H16N2O3/c1-2-22-16-9-14-13(8-15(16)20)17(21)19(11-18-14)10-12-6-4-3-5-7-12/h3-9,11,20H,2,10H2,1H3. The summed E-state index contributed by atoms with van der Waals surface area (Å²) in [5.41, 5.74) is 1.34. The van der Waals surface area contributed by atoms with Crippen LogP contribution in [0.2, 0.25) is 0 Å². The van der Waals surface area contributed by atoms with Crippen LogP contribution in [0.1, 0.15) is 12.5 Å². The molecule has 5 heteroatoms. The zero-order valence-electron chi connectivity index (χ0n) is 12.2. The number of benzene rings is 2. The van der Waals surface area contributed by atoms with E-state index in [4.69, 9.17) is 4.74 Å². The fourth-order valence-corrected chi connectivity index (χ4v) is 2.34. The predicted octanol–water partition coefficient (Wildman–Crippen LogP) is 2.55. The Hall–Kier alpha value is -2.82. The first-order chi connectivity index (χ1) is 10.7. The van der Waals surface area contributed by atoms with Crippen molar-refractivity contribution in [3.05, 3.63) is 64.7 Å². The van der Waals surface area contributed by atoms with Crippen LogP contribution in [0.5, 0.6) is 11.5 Å². The van der Waals surface area contributed by atoms with Crippen molar-refractivity contribution in [3.63, 3.8) is 0 Å². The molecule has 0 aliphatic heterocycles. The Morgan fingerprint density at radius 1 is 1.23 bits per heavy atom. The first kappa shape index (κ1) is 14.1. The van der Waals surface area contributed by atoms with Crippen LogP contribution in [0.4, 0.5) is 0 Å². The van der Waals surface area contributed by atoms with Crippen molar-refractivity contribution in [1.82, 2.24) is 9.55 Å². The number of ether oxygens (including phenoxy) is 1. The molecule has 0 saturated heterocycles. The minimum atomic E-state index is -0.188. The molecule has 0 unspecified atom stereocenters. The van der Waals surface area contributed by atoms with Crippen molar-refractivity contribution in [2.75, 3.05) is 6.61 Å². The molecule has 3 rings (SSSR count). The van der Waals surface area contributed by atoms with E-state index in [1.54, 1.807) is 6.07 Å². The van der Waals surface area contributed by atoms with E-state index in [1.165, 1.54) is 17.0 Å². The molecule has 1 aromatic heterocycles. The van der Waals surface area contributed by atoms with Crippen molar-refractivity contribution >= 4 is 10.9 Å². The third-order valence-corrected chi connectivity index (χ3v) is 3.40. The smallest absolute Gasteiger partial charge is 0.261 e. The molecule has 0 amide bonds. The van der Waals surface area contributed by atoms with Gasteiger partial charge in [-0.2, -0.15) is 0 Å². The van der Waals surface area contributed by atoms with E-state index >= 15 is 0 Å². The quantitative estimate of drug-likeness (QED) is 0.803. The van der Waals surface area contributed by atoms with Crippen molar-refractivity contribution in [2.24, 2.45) is 0 Å². The number of phenols is 1. The molecule has 5 nitrogen and oxygen atoms in total. The number of rotatable bonds is 4. The average Bonchev–Trinajstić information content (AvgIpc) is 2.53. The largest absolute Gasteiger partial charge is 0.504 e. The van der Waals surface area contributed by atoms with E-state index in [0.717, 1.165) is 5.56 Å². The van der Waals surface area contributed by atoms with E-state index in [1.807, 2.05) is 37.3 Å². The second-order valence-corrected chi connectivity index (χ2v) is 4.93. The Morgan fingerprint density at radius 3 is 2.73 bits per heavy atom. The van der Waals surface area contributed by atoms with Gasteiger partial charge in [-0.3, -0.25) is 9.36 Å². The Labute approximate surface area is 127 Å². The molecule has 112 valence electrons. The molecule has 0 fully saturated rings. The zero-order valence-corrected chi connectivity index (χ0v) is 12.2. The molecular formula is C17H16N2O3. The summed E-state index contributed by atoms with van der Waals surface area (Å²) in [6.07, 6.45) is 1.52. The molecule has 0 spiro atoms. The first-order valence-corrected chi connectivity index (χ1v) is 7.08. The van der Waals surface area contributed by atoms with Crippen LogP contribution in [0.15, 0.2) is 53.6 Å². The summed E-state index contributed by atoms with van der Waals surface area (Å²) in [5, 5.41) is 10.3. The Kier molecular flexibility index (Phi) is 3.78. The van der Waals surface area contributed by atoms with Gasteiger partial charge in [-0.25, -0.2) is 4.98 Å². The van der Waals surface area contributed by atoms with Crippen molar-refractivity contribution in [2.45, 2.75) is 13.5 Å². The Balaban J connectivity index is 2.06. The van der Waals surface area contributed by atoms with Gasteiger partial charge in [0.2, 0.25) is 0 Å². The zero-order chi connectivity index (χ0) is 15.5. The predicted molar refractivity (Wildman–Crippen MR) is 84.4 cm³/mol. The van der Waals surface area contributed by atoms with Gasteiger partial charge in [0.25, 0.3) is 5.56 Å². The third kappa shape index (κ3) is 2.65. The van der Waals surface area contributed by atoms with Crippen LogP contribution < -0.4 is 10.3 Å². The Morgan fingerprint density at radius 2 is 2.00 bits per heavy atom. The molecule has 3 aromatic rings. The van der Waals surface area contributed by atoms with Gasteiger partial charge in [0, 0.05) is 6.07 Å². The van der Waals surface area contributed by atoms with Gasteiger partial charge >= 0.3 is 0 Å². The summed E-state index contributed by atoms with van der Waals surface area (Å²) < 4.78 is 6.84. The highest BCUT2D eigenvalue weighted by Gasteiger charge is 2.10. The maximum atomic E-state index is 12.5. The number of phenolic OH excluding ortho intramolecular Hbond substituents is 1. The van der Waals surface area contributed by atoms with Crippen molar-refractivity contribution in [1.29, 1.82) is 0 Å². The maximum absolute atomic E-state index is 12.5. The summed E-state index contributed by atoms with van der Waals surface area (Å²) >= 11 is 0. The lowest BCUT2D eigenvalue weighted by molar-refractivity contribution is 0.318. The van der Waals surface area contributed by atoms with Crippen molar-refractivity contribution < 1.29 is 9.84 Å². The topological polar surface area (TPSA) is 64.4 Å². The van der Waals surface area contributed by atoms with E-state index < -0.39 is 0 Å². The second kappa shape index (κ2) is 5.89. The minimum Gasteiger partial charge on any atom is -0.504 e. The number of aromatic nitrogens is 2. The summed E-state index contributed by atoms with van der Waals surface area (Å²) in [4.78, 5) is 16.8. The number of aromatic hydroxyl groups is 1. The third-order valence-electron chi connectivity index (χ3n) is 3.40. The van der Waals surface area contributed by atoms with Crippen LogP contribution in [0.25, 0.3) is 10.9 Å². The summed E-state index contributed by atoms with van der Waals surface area (Å²) in [6, 6.07) is 12.7. The maximum Gasteiger partial charge on any atom is 0.261 e. The van der Waals surface area contributed by atoms with Gasteiger partial charge in [0.15, 0.2) is 11.5 Å². The minimum absolute atomic E-state index is 0.0503. The van der Waals surface area contributed by atoms with Crippen LogP contribution in [-0.2, 0) is 6.54 Å². The highest BCUT2D eigenvalue weighted by Crippen LogP contribution is 2.29. The average molecular weight is 296 g/mol. The number of hydrogen-bond acceptors (Lipinski definition) is 4.